The second-order valence-electron chi connectivity index (χ2n) is 2.10. The van der Waals surface area contributed by atoms with E-state index in [0.29, 0.717) is 0 Å². The first-order valence-corrected chi connectivity index (χ1v) is 4.53. The standard InChI is InChI=1S/C6H8NO3P/c7-5-3-1-2-4-6(5)11(8,9)10/h1-4H,7H2,(H2,8,9,10). The van der Waals surface area contributed by atoms with Crippen LogP contribution in [0.15, 0.2) is 24.3 Å². The Hall–Kier alpha value is -0.830. The summed E-state index contributed by atoms with van der Waals surface area (Å²) in [7, 11) is -4.18. The van der Waals surface area contributed by atoms with Gasteiger partial charge in [-0.2, -0.15) is 0 Å². The second kappa shape index (κ2) is 2.66. The van der Waals surface area contributed by atoms with Gasteiger partial charge in [-0.15, -0.1) is 0 Å². The zero-order valence-electron chi connectivity index (χ0n) is 5.64. The molecule has 0 bridgehead atoms. The van der Waals surface area contributed by atoms with E-state index >= 15 is 0 Å². The minimum Gasteiger partial charge on any atom is -0.398 e. The lowest BCUT2D eigenvalue weighted by Gasteiger charge is -2.05. The van der Waals surface area contributed by atoms with Crippen molar-refractivity contribution < 1.29 is 14.4 Å². The molecule has 0 radical (unpaired) electrons. The van der Waals surface area contributed by atoms with Crippen LogP contribution in [0.3, 0.4) is 0 Å². The van der Waals surface area contributed by atoms with Gasteiger partial charge in [-0.05, 0) is 12.1 Å². The average molecular weight is 173 g/mol. The fraction of sp³-hybridized carbons (Fsp3) is 0. The fourth-order valence-corrected chi connectivity index (χ4v) is 1.44. The topological polar surface area (TPSA) is 83.6 Å². The van der Waals surface area contributed by atoms with E-state index in [4.69, 9.17) is 15.5 Å². The van der Waals surface area contributed by atoms with Gasteiger partial charge in [-0.1, -0.05) is 12.1 Å². The summed E-state index contributed by atoms with van der Waals surface area (Å²) in [4.78, 5) is 17.4. The van der Waals surface area contributed by atoms with Crippen LogP contribution in [0.25, 0.3) is 0 Å². The van der Waals surface area contributed by atoms with Gasteiger partial charge in [-0.25, -0.2) is 0 Å². The Morgan fingerprint density at radius 2 is 1.82 bits per heavy atom. The molecule has 1 rings (SSSR count). The molecule has 0 fully saturated rings. The van der Waals surface area contributed by atoms with Crippen molar-refractivity contribution >= 4 is 18.6 Å². The normalized spacial score (nSPS) is 11.5. The highest BCUT2D eigenvalue weighted by atomic mass is 31.2. The fourth-order valence-electron chi connectivity index (χ4n) is 0.753. The maximum Gasteiger partial charge on any atom is 0.358 e. The SMILES string of the molecule is Nc1ccccc1P(=O)(O)O. The van der Waals surface area contributed by atoms with Gasteiger partial charge in [0.1, 0.15) is 0 Å². The van der Waals surface area contributed by atoms with E-state index in [0.717, 1.165) is 0 Å². The summed E-state index contributed by atoms with van der Waals surface area (Å²) in [5, 5.41) is -0.111. The lowest BCUT2D eigenvalue weighted by atomic mass is 10.3. The van der Waals surface area contributed by atoms with E-state index in [1.54, 1.807) is 6.07 Å². The number of rotatable bonds is 1. The van der Waals surface area contributed by atoms with E-state index in [1.165, 1.54) is 18.2 Å². The van der Waals surface area contributed by atoms with Crippen molar-refractivity contribution in [2.45, 2.75) is 0 Å². The van der Waals surface area contributed by atoms with E-state index in [-0.39, 0.29) is 11.0 Å². The highest BCUT2D eigenvalue weighted by Gasteiger charge is 2.18. The van der Waals surface area contributed by atoms with Gasteiger partial charge in [-0.3, -0.25) is 4.57 Å². The smallest absolute Gasteiger partial charge is 0.358 e. The van der Waals surface area contributed by atoms with Crippen molar-refractivity contribution in [2.24, 2.45) is 0 Å². The summed E-state index contributed by atoms with van der Waals surface area (Å²) in [6.07, 6.45) is 0. The molecular weight excluding hydrogens is 165 g/mol. The highest BCUT2D eigenvalue weighted by molar-refractivity contribution is 7.60. The summed E-state index contributed by atoms with van der Waals surface area (Å²) in [6.45, 7) is 0. The van der Waals surface area contributed by atoms with E-state index < -0.39 is 7.60 Å². The number of anilines is 1. The van der Waals surface area contributed by atoms with Crippen LogP contribution in [-0.4, -0.2) is 9.79 Å². The number of benzene rings is 1. The van der Waals surface area contributed by atoms with Crippen LogP contribution in [0, 0.1) is 0 Å². The van der Waals surface area contributed by atoms with Crippen LogP contribution in [-0.2, 0) is 4.57 Å². The number of para-hydroxylation sites is 1. The van der Waals surface area contributed by atoms with Crippen LogP contribution < -0.4 is 11.0 Å². The van der Waals surface area contributed by atoms with Crippen LogP contribution in [0.5, 0.6) is 0 Å². The van der Waals surface area contributed by atoms with E-state index in [1.807, 2.05) is 0 Å². The summed E-state index contributed by atoms with van der Waals surface area (Å²) in [5.41, 5.74) is 5.44. The summed E-state index contributed by atoms with van der Waals surface area (Å²) >= 11 is 0. The molecular formula is C6H8NO3P. The highest BCUT2D eigenvalue weighted by Crippen LogP contribution is 2.35. The summed E-state index contributed by atoms with van der Waals surface area (Å²) in [5.74, 6) is 0. The molecule has 1 aromatic carbocycles. The van der Waals surface area contributed by atoms with Gasteiger partial charge in [0.05, 0.1) is 5.30 Å². The van der Waals surface area contributed by atoms with Crippen molar-refractivity contribution in [2.75, 3.05) is 5.73 Å². The van der Waals surface area contributed by atoms with Crippen molar-refractivity contribution in [1.82, 2.24) is 0 Å². The number of hydrogen-bond donors (Lipinski definition) is 3. The van der Waals surface area contributed by atoms with Crippen LogP contribution in [0.2, 0.25) is 0 Å². The lowest BCUT2D eigenvalue weighted by Crippen LogP contribution is -2.09. The average Bonchev–Trinajstić information content (AvgIpc) is 1.86. The monoisotopic (exact) mass is 173 g/mol. The molecule has 0 amide bonds. The van der Waals surface area contributed by atoms with Crippen LogP contribution in [0.1, 0.15) is 0 Å². The van der Waals surface area contributed by atoms with Gasteiger partial charge in [0, 0.05) is 5.69 Å². The maximum atomic E-state index is 10.7. The predicted octanol–water partition coefficient (Wildman–Crippen LogP) is 0.0718. The zero-order chi connectivity index (χ0) is 8.48. The second-order valence-corrected chi connectivity index (χ2v) is 3.67. The van der Waals surface area contributed by atoms with Gasteiger partial charge >= 0.3 is 7.60 Å². The number of nitrogen functional groups attached to an aromatic ring is 1. The van der Waals surface area contributed by atoms with E-state index in [2.05, 4.69) is 0 Å². The molecule has 4 nitrogen and oxygen atoms in total. The lowest BCUT2D eigenvalue weighted by molar-refractivity contribution is 0.387. The minimum atomic E-state index is -4.18. The Bertz CT molecular complexity index is 306. The molecule has 5 heteroatoms. The Kier molecular flexibility index (Phi) is 2.00. The first kappa shape index (κ1) is 8.27. The quantitative estimate of drug-likeness (QED) is 0.414. The molecule has 0 aliphatic rings. The molecule has 0 spiro atoms. The minimum absolute atomic E-state index is 0.111. The Morgan fingerprint density at radius 1 is 1.27 bits per heavy atom. The Morgan fingerprint density at radius 3 is 2.18 bits per heavy atom. The van der Waals surface area contributed by atoms with Crippen molar-refractivity contribution in [3.05, 3.63) is 24.3 Å². The molecule has 0 unspecified atom stereocenters. The van der Waals surface area contributed by atoms with Gasteiger partial charge in [0.25, 0.3) is 0 Å². The molecule has 0 atom stereocenters. The third kappa shape index (κ3) is 1.80. The van der Waals surface area contributed by atoms with Gasteiger partial charge in [0.15, 0.2) is 0 Å². The van der Waals surface area contributed by atoms with Gasteiger partial charge < -0.3 is 15.5 Å². The molecule has 4 N–H and O–H groups in total. The molecule has 1 aromatic rings. The molecule has 0 saturated heterocycles. The van der Waals surface area contributed by atoms with Crippen LogP contribution >= 0.6 is 7.60 Å². The predicted molar refractivity (Wildman–Crippen MR) is 42.5 cm³/mol. The van der Waals surface area contributed by atoms with E-state index in [9.17, 15) is 4.57 Å². The number of hydrogen-bond acceptors (Lipinski definition) is 2. The van der Waals surface area contributed by atoms with Crippen molar-refractivity contribution in [1.29, 1.82) is 0 Å². The van der Waals surface area contributed by atoms with Gasteiger partial charge in [0.2, 0.25) is 0 Å². The Balaban J connectivity index is 3.25. The molecule has 11 heavy (non-hydrogen) atoms. The Labute approximate surface area is 63.8 Å². The zero-order valence-corrected chi connectivity index (χ0v) is 6.53. The molecule has 60 valence electrons. The molecule has 0 aliphatic heterocycles. The maximum absolute atomic E-state index is 10.7. The van der Waals surface area contributed by atoms with Crippen LogP contribution in [0.4, 0.5) is 5.69 Å². The molecule has 0 heterocycles. The summed E-state index contributed by atoms with van der Waals surface area (Å²) in [6, 6.07) is 5.92. The first-order chi connectivity index (χ1) is 5.02. The first-order valence-electron chi connectivity index (χ1n) is 2.92. The van der Waals surface area contributed by atoms with Crippen molar-refractivity contribution in [3.63, 3.8) is 0 Å². The molecule has 0 saturated carbocycles. The van der Waals surface area contributed by atoms with Crippen molar-refractivity contribution in [3.8, 4) is 0 Å². The number of nitrogens with two attached hydrogens (primary N) is 1. The third-order valence-corrected chi connectivity index (χ3v) is 2.29. The molecule has 0 aliphatic carbocycles. The third-order valence-electron chi connectivity index (χ3n) is 1.25. The summed E-state index contributed by atoms with van der Waals surface area (Å²) < 4.78 is 10.7. The largest absolute Gasteiger partial charge is 0.398 e. The molecule has 0 aromatic heterocycles.